The molecular formula is C16H18BrNO3. The van der Waals surface area contributed by atoms with E-state index in [-0.39, 0.29) is 5.91 Å². The molecule has 5 heteroatoms. The third-order valence-electron chi connectivity index (χ3n) is 2.93. The Kier molecular flexibility index (Phi) is 6.50. The van der Waals surface area contributed by atoms with Crippen LogP contribution in [0.1, 0.15) is 22.5 Å². The van der Waals surface area contributed by atoms with E-state index in [1.807, 2.05) is 18.2 Å². The number of halogens is 1. The van der Waals surface area contributed by atoms with Crippen LogP contribution in [-0.4, -0.2) is 25.7 Å². The average molecular weight is 352 g/mol. The number of benzene rings is 1. The molecule has 0 fully saturated rings. The second-order valence-corrected chi connectivity index (χ2v) is 5.34. The molecule has 112 valence electrons. The highest BCUT2D eigenvalue weighted by Crippen LogP contribution is 2.13. The predicted molar refractivity (Wildman–Crippen MR) is 84.3 cm³/mol. The lowest BCUT2D eigenvalue weighted by Crippen LogP contribution is -2.24. The highest BCUT2D eigenvalue weighted by molar-refractivity contribution is 9.10. The van der Waals surface area contributed by atoms with Crippen LogP contribution in [0.4, 0.5) is 0 Å². The fourth-order valence-corrected chi connectivity index (χ4v) is 2.14. The van der Waals surface area contributed by atoms with E-state index >= 15 is 0 Å². The number of carbonyl (C=O) groups is 1. The van der Waals surface area contributed by atoms with E-state index in [0.29, 0.717) is 30.2 Å². The molecule has 2 rings (SSSR count). The lowest BCUT2D eigenvalue weighted by molar-refractivity contribution is 0.0913. The van der Waals surface area contributed by atoms with E-state index in [1.165, 1.54) is 5.56 Å². The van der Waals surface area contributed by atoms with Gasteiger partial charge in [0.15, 0.2) is 10.4 Å². The number of rotatable bonds is 8. The summed E-state index contributed by atoms with van der Waals surface area (Å²) in [6, 6.07) is 13.6. The van der Waals surface area contributed by atoms with Gasteiger partial charge in [0.05, 0.1) is 6.61 Å². The fourth-order valence-electron chi connectivity index (χ4n) is 1.84. The van der Waals surface area contributed by atoms with E-state index in [4.69, 9.17) is 9.15 Å². The molecule has 0 atom stereocenters. The standard InChI is InChI=1S/C16H18BrNO3/c17-15-8-7-14(21-15)16(19)18-10-4-11-20-12-9-13-5-2-1-3-6-13/h1-3,5-8H,4,9-12H2,(H,18,19). The number of carbonyl (C=O) groups excluding carboxylic acids is 1. The first kappa shape index (κ1) is 15.8. The number of furan rings is 1. The normalized spacial score (nSPS) is 10.5. The van der Waals surface area contributed by atoms with Gasteiger partial charge in [0.2, 0.25) is 0 Å². The zero-order valence-corrected chi connectivity index (χ0v) is 13.3. The molecule has 0 aliphatic heterocycles. The molecule has 1 N–H and O–H groups in total. The van der Waals surface area contributed by atoms with Crippen LogP contribution in [0.2, 0.25) is 0 Å². The van der Waals surface area contributed by atoms with Crippen LogP contribution in [0, 0.1) is 0 Å². The molecule has 0 radical (unpaired) electrons. The molecule has 0 saturated heterocycles. The quantitative estimate of drug-likeness (QED) is 0.741. The Hall–Kier alpha value is -1.59. The van der Waals surface area contributed by atoms with Crippen molar-refractivity contribution in [2.45, 2.75) is 12.8 Å². The number of hydrogen-bond acceptors (Lipinski definition) is 3. The Bertz CT molecular complexity index is 554. The van der Waals surface area contributed by atoms with Crippen LogP contribution in [0.15, 0.2) is 51.6 Å². The van der Waals surface area contributed by atoms with Crippen molar-refractivity contribution in [2.75, 3.05) is 19.8 Å². The monoisotopic (exact) mass is 351 g/mol. The molecule has 1 heterocycles. The second kappa shape index (κ2) is 8.64. The van der Waals surface area contributed by atoms with Gasteiger partial charge in [-0.05, 0) is 46.5 Å². The van der Waals surface area contributed by atoms with E-state index in [0.717, 1.165) is 12.8 Å². The van der Waals surface area contributed by atoms with Gasteiger partial charge in [0.25, 0.3) is 5.91 Å². The molecule has 0 aliphatic carbocycles. The van der Waals surface area contributed by atoms with Crippen LogP contribution in [0.3, 0.4) is 0 Å². The van der Waals surface area contributed by atoms with Crippen molar-refractivity contribution < 1.29 is 13.9 Å². The number of ether oxygens (including phenoxy) is 1. The summed E-state index contributed by atoms with van der Waals surface area (Å²) in [6.45, 7) is 1.90. The molecule has 0 saturated carbocycles. The zero-order chi connectivity index (χ0) is 14.9. The van der Waals surface area contributed by atoms with Crippen molar-refractivity contribution in [3.05, 3.63) is 58.5 Å². The predicted octanol–water partition coefficient (Wildman–Crippen LogP) is 3.42. The van der Waals surface area contributed by atoms with Crippen molar-refractivity contribution in [1.82, 2.24) is 5.32 Å². The van der Waals surface area contributed by atoms with Crippen LogP contribution >= 0.6 is 15.9 Å². The molecule has 0 spiro atoms. The summed E-state index contributed by atoms with van der Waals surface area (Å²) in [6.07, 6.45) is 1.69. The largest absolute Gasteiger partial charge is 0.444 e. The lowest BCUT2D eigenvalue weighted by atomic mass is 10.2. The topological polar surface area (TPSA) is 51.5 Å². The summed E-state index contributed by atoms with van der Waals surface area (Å²) in [5, 5.41) is 2.79. The zero-order valence-electron chi connectivity index (χ0n) is 11.7. The Morgan fingerprint density at radius 3 is 2.67 bits per heavy atom. The third-order valence-corrected chi connectivity index (χ3v) is 3.35. The van der Waals surface area contributed by atoms with Crippen molar-refractivity contribution >= 4 is 21.8 Å². The van der Waals surface area contributed by atoms with Crippen molar-refractivity contribution in [2.24, 2.45) is 0 Å². The van der Waals surface area contributed by atoms with Gasteiger partial charge < -0.3 is 14.5 Å². The van der Waals surface area contributed by atoms with E-state index < -0.39 is 0 Å². The average Bonchev–Trinajstić information content (AvgIpc) is 2.94. The van der Waals surface area contributed by atoms with Gasteiger partial charge in [-0.25, -0.2) is 0 Å². The van der Waals surface area contributed by atoms with Gasteiger partial charge in [0.1, 0.15) is 0 Å². The van der Waals surface area contributed by atoms with Crippen LogP contribution < -0.4 is 5.32 Å². The van der Waals surface area contributed by atoms with Crippen molar-refractivity contribution in [3.8, 4) is 0 Å². The molecular weight excluding hydrogens is 334 g/mol. The molecule has 21 heavy (non-hydrogen) atoms. The van der Waals surface area contributed by atoms with Gasteiger partial charge >= 0.3 is 0 Å². The summed E-state index contributed by atoms with van der Waals surface area (Å²) in [4.78, 5) is 11.7. The maximum absolute atomic E-state index is 11.7. The van der Waals surface area contributed by atoms with Crippen molar-refractivity contribution in [1.29, 1.82) is 0 Å². The molecule has 0 aliphatic rings. The summed E-state index contributed by atoms with van der Waals surface area (Å²) >= 11 is 3.16. The van der Waals surface area contributed by atoms with Gasteiger partial charge in [0, 0.05) is 13.2 Å². The second-order valence-electron chi connectivity index (χ2n) is 4.56. The van der Waals surface area contributed by atoms with Crippen LogP contribution in [-0.2, 0) is 11.2 Å². The first-order valence-corrected chi connectivity index (χ1v) is 7.70. The van der Waals surface area contributed by atoms with Gasteiger partial charge in [-0.2, -0.15) is 0 Å². The van der Waals surface area contributed by atoms with E-state index in [2.05, 4.69) is 33.4 Å². The molecule has 2 aromatic rings. The number of nitrogens with one attached hydrogen (secondary N) is 1. The smallest absolute Gasteiger partial charge is 0.287 e. The molecule has 0 bridgehead atoms. The van der Waals surface area contributed by atoms with Crippen molar-refractivity contribution in [3.63, 3.8) is 0 Å². The molecule has 1 aromatic heterocycles. The Labute approximate surface area is 132 Å². The molecule has 0 unspecified atom stereocenters. The summed E-state index contributed by atoms with van der Waals surface area (Å²) in [7, 11) is 0. The summed E-state index contributed by atoms with van der Waals surface area (Å²) in [5.74, 6) is 0.108. The minimum atomic E-state index is -0.204. The van der Waals surface area contributed by atoms with E-state index in [9.17, 15) is 4.79 Å². The van der Waals surface area contributed by atoms with Crippen LogP contribution in [0.25, 0.3) is 0 Å². The van der Waals surface area contributed by atoms with Gasteiger partial charge in [-0.15, -0.1) is 0 Å². The minimum Gasteiger partial charge on any atom is -0.444 e. The first-order chi connectivity index (χ1) is 10.3. The van der Waals surface area contributed by atoms with Gasteiger partial charge in [-0.3, -0.25) is 4.79 Å². The molecule has 1 aromatic carbocycles. The van der Waals surface area contributed by atoms with Crippen LogP contribution in [0.5, 0.6) is 0 Å². The number of amides is 1. The van der Waals surface area contributed by atoms with E-state index in [1.54, 1.807) is 12.1 Å². The first-order valence-electron chi connectivity index (χ1n) is 6.91. The maximum Gasteiger partial charge on any atom is 0.287 e. The highest BCUT2D eigenvalue weighted by atomic mass is 79.9. The lowest BCUT2D eigenvalue weighted by Gasteiger charge is -2.05. The molecule has 1 amide bonds. The summed E-state index contributed by atoms with van der Waals surface area (Å²) in [5.41, 5.74) is 1.27. The highest BCUT2D eigenvalue weighted by Gasteiger charge is 2.08. The number of hydrogen-bond donors (Lipinski definition) is 1. The van der Waals surface area contributed by atoms with Gasteiger partial charge in [-0.1, -0.05) is 30.3 Å². The molecule has 4 nitrogen and oxygen atoms in total. The Balaban J connectivity index is 1.51. The maximum atomic E-state index is 11.7. The minimum absolute atomic E-state index is 0.204. The SMILES string of the molecule is O=C(NCCCOCCc1ccccc1)c1ccc(Br)o1. The summed E-state index contributed by atoms with van der Waals surface area (Å²) < 4.78 is 11.3. The Morgan fingerprint density at radius 2 is 1.95 bits per heavy atom. The Morgan fingerprint density at radius 1 is 1.14 bits per heavy atom. The third kappa shape index (κ3) is 5.73. The fraction of sp³-hybridized carbons (Fsp3) is 0.312.